The summed E-state index contributed by atoms with van der Waals surface area (Å²) in [5, 5.41) is 10.5. The zero-order valence-electron chi connectivity index (χ0n) is 14.1. The highest BCUT2D eigenvalue weighted by atomic mass is 19.1. The first kappa shape index (κ1) is 18.5. The Labute approximate surface area is 151 Å². The normalized spacial score (nSPS) is 11.0. The lowest BCUT2D eigenvalue weighted by Gasteiger charge is -2.14. The number of hydrogen-bond donors (Lipinski definition) is 1. The van der Waals surface area contributed by atoms with E-state index in [0.29, 0.717) is 6.07 Å². The molecule has 0 spiro atoms. The smallest absolute Gasteiger partial charge is 0.347 e. The molecule has 0 amide bonds. The Hall–Kier alpha value is -3.29. The van der Waals surface area contributed by atoms with Gasteiger partial charge in [0.05, 0.1) is 12.1 Å². The lowest BCUT2D eigenvalue weighted by molar-refractivity contribution is 0.0520. The fourth-order valence-corrected chi connectivity index (χ4v) is 2.86. The lowest BCUT2D eigenvalue weighted by atomic mass is 10.0. The number of ether oxygens (including phenoxy) is 1. The molecule has 2 aromatic heterocycles. The van der Waals surface area contributed by atoms with Crippen LogP contribution in [-0.2, 0) is 11.2 Å². The van der Waals surface area contributed by atoms with Crippen LogP contribution in [-0.4, -0.2) is 22.1 Å². The van der Waals surface area contributed by atoms with Crippen LogP contribution >= 0.6 is 0 Å². The van der Waals surface area contributed by atoms with Gasteiger partial charge in [-0.25, -0.2) is 18.0 Å². The van der Waals surface area contributed by atoms with Crippen LogP contribution in [0, 0.1) is 17.5 Å². The van der Waals surface area contributed by atoms with Crippen LogP contribution in [0.5, 0.6) is 5.75 Å². The largest absolute Gasteiger partial charge is 0.506 e. The molecule has 27 heavy (non-hydrogen) atoms. The molecule has 0 saturated heterocycles. The van der Waals surface area contributed by atoms with Gasteiger partial charge >= 0.3 is 5.97 Å². The van der Waals surface area contributed by atoms with Gasteiger partial charge in [0, 0.05) is 24.2 Å². The van der Waals surface area contributed by atoms with E-state index in [1.807, 2.05) is 0 Å². The van der Waals surface area contributed by atoms with E-state index in [1.54, 1.807) is 0 Å². The first-order valence-electron chi connectivity index (χ1n) is 7.99. The number of esters is 1. The molecule has 0 aliphatic heterocycles. The van der Waals surface area contributed by atoms with Crippen LogP contribution in [0.15, 0.2) is 41.3 Å². The molecule has 0 unspecified atom stereocenters. The minimum Gasteiger partial charge on any atom is -0.506 e. The van der Waals surface area contributed by atoms with Crippen LogP contribution in [0.4, 0.5) is 13.2 Å². The number of rotatable bonds is 4. The first-order chi connectivity index (χ1) is 12.8. The van der Waals surface area contributed by atoms with Gasteiger partial charge in [-0.2, -0.15) is 0 Å². The molecule has 0 radical (unpaired) electrons. The number of halogens is 3. The van der Waals surface area contributed by atoms with Crippen molar-refractivity contribution in [1.82, 2.24) is 4.40 Å². The Kier molecular flexibility index (Phi) is 4.89. The maximum absolute atomic E-state index is 13.6. The Morgan fingerprint density at radius 3 is 2.41 bits per heavy atom. The topological polar surface area (TPSA) is 68.0 Å². The minimum atomic E-state index is -1.08. The van der Waals surface area contributed by atoms with E-state index in [4.69, 9.17) is 4.74 Å². The predicted molar refractivity (Wildman–Crippen MR) is 90.4 cm³/mol. The van der Waals surface area contributed by atoms with Crippen molar-refractivity contribution >= 4 is 11.5 Å². The third-order valence-electron chi connectivity index (χ3n) is 3.96. The zero-order valence-corrected chi connectivity index (χ0v) is 14.1. The number of hydrogen-bond acceptors (Lipinski definition) is 4. The van der Waals surface area contributed by atoms with Gasteiger partial charge in [0.15, 0.2) is 5.56 Å². The number of nitrogens with zero attached hydrogens (tertiary/aromatic N) is 1. The average Bonchev–Trinajstić information content (AvgIpc) is 2.58. The summed E-state index contributed by atoms with van der Waals surface area (Å²) in [6.07, 6.45) is 0.651. The molecule has 5 nitrogen and oxygen atoms in total. The van der Waals surface area contributed by atoms with Gasteiger partial charge in [-0.15, -0.1) is 0 Å². The van der Waals surface area contributed by atoms with Crippen molar-refractivity contribution in [2.45, 2.75) is 13.3 Å². The quantitative estimate of drug-likeness (QED) is 0.709. The van der Waals surface area contributed by atoms with Crippen LogP contribution in [0.3, 0.4) is 0 Å². The monoisotopic (exact) mass is 377 g/mol. The SMILES string of the molecule is CCOC(=O)c1c(O)c(Cc2cc(F)cc(F)c2)c2ccc(F)cn2c1=O. The van der Waals surface area contributed by atoms with Gasteiger partial charge in [-0.3, -0.25) is 9.20 Å². The van der Waals surface area contributed by atoms with E-state index >= 15 is 0 Å². The molecule has 1 N–H and O–H groups in total. The summed E-state index contributed by atoms with van der Waals surface area (Å²) in [7, 11) is 0. The van der Waals surface area contributed by atoms with Crippen LogP contribution in [0.1, 0.15) is 28.4 Å². The third kappa shape index (κ3) is 3.51. The van der Waals surface area contributed by atoms with Crippen LogP contribution in [0.2, 0.25) is 0 Å². The molecule has 140 valence electrons. The highest BCUT2D eigenvalue weighted by Crippen LogP contribution is 2.28. The minimum absolute atomic E-state index is 0.0302. The van der Waals surface area contributed by atoms with Gasteiger partial charge in [0.2, 0.25) is 0 Å². The van der Waals surface area contributed by atoms with Crippen molar-refractivity contribution in [3.05, 3.63) is 81.0 Å². The summed E-state index contributed by atoms with van der Waals surface area (Å²) in [5.41, 5.74) is -1.36. The number of carbonyl (C=O) groups excluding carboxylic acids is 1. The second-order valence-electron chi connectivity index (χ2n) is 5.78. The highest BCUT2D eigenvalue weighted by molar-refractivity contribution is 5.93. The molecule has 1 aromatic carbocycles. The Balaban J connectivity index is 2.29. The predicted octanol–water partition coefficient (Wildman–Crippen LogP) is 3.19. The summed E-state index contributed by atoms with van der Waals surface area (Å²) < 4.78 is 46.2. The second-order valence-corrected chi connectivity index (χ2v) is 5.78. The second kappa shape index (κ2) is 7.14. The molecule has 3 aromatic rings. The molecule has 8 heteroatoms. The molecule has 0 bridgehead atoms. The zero-order chi connectivity index (χ0) is 19.7. The van der Waals surface area contributed by atoms with E-state index in [2.05, 4.69) is 0 Å². The van der Waals surface area contributed by atoms with Gasteiger partial charge in [0.25, 0.3) is 5.56 Å². The molecule has 0 aliphatic rings. The highest BCUT2D eigenvalue weighted by Gasteiger charge is 2.24. The van der Waals surface area contributed by atoms with Crippen molar-refractivity contribution in [1.29, 1.82) is 0 Å². The van der Waals surface area contributed by atoms with E-state index < -0.39 is 40.3 Å². The molecule has 0 aliphatic carbocycles. The van der Waals surface area contributed by atoms with Crippen molar-refractivity contribution in [2.24, 2.45) is 0 Å². The molecular weight excluding hydrogens is 363 g/mol. The maximum atomic E-state index is 13.6. The van der Waals surface area contributed by atoms with Crippen molar-refractivity contribution < 1.29 is 27.8 Å². The number of carbonyl (C=O) groups is 1. The van der Waals surface area contributed by atoms with Crippen molar-refractivity contribution in [3.8, 4) is 5.75 Å². The Morgan fingerprint density at radius 2 is 1.78 bits per heavy atom. The fraction of sp³-hybridized carbons (Fsp3) is 0.158. The standard InChI is InChI=1S/C19H14F3NO4/c1-2-27-19(26)16-17(24)14(7-10-5-12(21)8-13(22)6-10)15-4-3-11(20)9-23(15)18(16)25/h3-6,8-9,24H,2,7H2,1H3. The van der Waals surface area contributed by atoms with E-state index in [-0.39, 0.29) is 29.7 Å². The summed E-state index contributed by atoms with van der Waals surface area (Å²) in [6, 6.07) is 5.09. The van der Waals surface area contributed by atoms with E-state index in [1.165, 1.54) is 13.0 Å². The number of aromatic hydroxyl groups is 1. The van der Waals surface area contributed by atoms with Gasteiger partial charge in [-0.1, -0.05) is 0 Å². The Morgan fingerprint density at radius 1 is 1.11 bits per heavy atom. The molecule has 0 atom stereocenters. The molecule has 0 saturated carbocycles. The number of pyridine rings is 2. The van der Waals surface area contributed by atoms with Gasteiger partial charge in [-0.05, 0) is 36.8 Å². The summed E-state index contributed by atoms with van der Waals surface area (Å²) in [5.74, 6) is -4.13. The number of benzene rings is 1. The number of aromatic nitrogens is 1. The van der Waals surface area contributed by atoms with E-state index in [0.717, 1.165) is 28.8 Å². The van der Waals surface area contributed by atoms with Gasteiger partial charge in [0.1, 0.15) is 23.2 Å². The summed E-state index contributed by atoms with van der Waals surface area (Å²) >= 11 is 0. The van der Waals surface area contributed by atoms with Crippen LogP contribution in [0.25, 0.3) is 5.52 Å². The summed E-state index contributed by atoms with van der Waals surface area (Å²) in [4.78, 5) is 24.7. The van der Waals surface area contributed by atoms with Crippen LogP contribution < -0.4 is 5.56 Å². The van der Waals surface area contributed by atoms with E-state index in [9.17, 15) is 27.9 Å². The first-order valence-corrected chi connectivity index (χ1v) is 7.99. The molecule has 0 fully saturated rings. The molecule has 3 rings (SSSR count). The Bertz CT molecular complexity index is 1090. The maximum Gasteiger partial charge on any atom is 0.347 e. The van der Waals surface area contributed by atoms with Gasteiger partial charge < -0.3 is 9.84 Å². The molecule has 2 heterocycles. The lowest BCUT2D eigenvalue weighted by Crippen LogP contribution is -2.25. The molecular formula is C19H14F3NO4. The number of fused-ring (bicyclic) bond motifs is 1. The average molecular weight is 377 g/mol. The fourth-order valence-electron chi connectivity index (χ4n) is 2.86. The van der Waals surface area contributed by atoms with Crippen molar-refractivity contribution in [2.75, 3.05) is 6.61 Å². The third-order valence-corrected chi connectivity index (χ3v) is 3.96. The van der Waals surface area contributed by atoms with Crippen molar-refractivity contribution in [3.63, 3.8) is 0 Å². The summed E-state index contributed by atoms with van der Waals surface area (Å²) in [6.45, 7) is 1.47.